The molecule has 1 aromatic carbocycles. The number of carboxylic acids is 1. The van der Waals surface area contributed by atoms with Crippen LogP contribution in [0.1, 0.15) is 29.6 Å². The Morgan fingerprint density at radius 2 is 2.28 bits per heavy atom. The summed E-state index contributed by atoms with van der Waals surface area (Å²) in [6.07, 6.45) is 3.51. The Labute approximate surface area is 107 Å². The molecule has 0 aromatic heterocycles. The second kappa shape index (κ2) is 5.40. The molecule has 1 aliphatic rings. The summed E-state index contributed by atoms with van der Waals surface area (Å²) in [7, 11) is 1.72. The van der Waals surface area contributed by atoms with Crippen molar-refractivity contribution in [2.24, 2.45) is 5.41 Å². The molecule has 1 fully saturated rings. The Balaban J connectivity index is 1.90. The Morgan fingerprint density at radius 3 is 2.89 bits per heavy atom. The normalized spacial score (nSPS) is 16.3. The van der Waals surface area contributed by atoms with Crippen molar-refractivity contribution >= 4 is 11.7 Å². The topological polar surface area (TPSA) is 58.6 Å². The lowest BCUT2D eigenvalue weighted by atomic mass is 10.0. The fourth-order valence-corrected chi connectivity index (χ4v) is 2.06. The molecule has 2 rings (SSSR count). The second-order valence-electron chi connectivity index (χ2n) is 4.98. The van der Waals surface area contributed by atoms with Crippen LogP contribution < -0.4 is 5.32 Å². The van der Waals surface area contributed by atoms with E-state index in [9.17, 15) is 4.79 Å². The van der Waals surface area contributed by atoms with E-state index in [0.29, 0.717) is 11.0 Å². The van der Waals surface area contributed by atoms with Gasteiger partial charge in [-0.2, -0.15) is 0 Å². The van der Waals surface area contributed by atoms with Gasteiger partial charge < -0.3 is 15.2 Å². The van der Waals surface area contributed by atoms with Crippen LogP contribution in [0.5, 0.6) is 0 Å². The number of carboxylic acid groups (broad SMARTS) is 1. The summed E-state index contributed by atoms with van der Waals surface area (Å²) in [4.78, 5) is 10.9. The van der Waals surface area contributed by atoms with Crippen molar-refractivity contribution in [3.63, 3.8) is 0 Å². The van der Waals surface area contributed by atoms with Gasteiger partial charge >= 0.3 is 5.97 Å². The fourth-order valence-electron chi connectivity index (χ4n) is 2.06. The van der Waals surface area contributed by atoms with Crippen molar-refractivity contribution < 1.29 is 14.6 Å². The average molecular weight is 249 g/mol. The van der Waals surface area contributed by atoms with Gasteiger partial charge in [-0.3, -0.25) is 0 Å². The van der Waals surface area contributed by atoms with Crippen LogP contribution >= 0.6 is 0 Å². The van der Waals surface area contributed by atoms with Gasteiger partial charge in [0.1, 0.15) is 0 Å². The Morgan fingerprint density at radius 1 is 1.50 bits per heavy atom. The summed E-state index contributed by atoms with van der Waals surface area (Å²) in [6.45, 7) is 1.68. The van der Waals surface area contributed by atoms with E-state index in [0.717, 1.165) is 25.3 Å². The van der Waals surface area contributed by atoms with E-state index in [1.807, 2.05) is 6.07 Å². The van der Waals surface area contributed by atoms with Crippen LogP contribution in [0.4, 0.5) is 5.69 Å². The molecule has 0 aliphatic heterocycles. The zero-order valence-corrected chi connectivity index (χ0v) is 10.6. The number of ether oxygens (including phenoxy) is 1. The quantitative estimate of drug-likeness (QED) is 0.780. The van der Waals surface area contributed by atoms with Crippen LogP contribution in [0.25, 0.3) is 0 Å². The molecule has 0 atom stereocenters. The van der Waals surface area contributed by atoms with E-state index in [1.165, 1.54) is 12.8 Å². The zero-order valence-electron chi connectivity index (χ0n) is 10.6. The van der Waals surface area contributed by atoms with Gasteiger partial charge in [-0.25, -0.2) is 4.79 Å². The molecule has 1 saturated carbocycles. The number of hydrogen-bond donors (Lipinski definition) is 2. The highest BCUT2D eigenvalue weighted by Gasteiger charge is 2.41. The molecule has 18 heavy (non-hydrogen) atoms. The number of carbonyl (C=O) groups is 1. The van der Waals surface area contributed by atoms with Crippen LogP contribution in [0.15, 0.2) is 24.3 Å². The van der Waals surface area contributed by atoms with Gasteiger partial charge in [0.15, 0.2) is 0 Å². The summed E-state index contributed by atoms with van der Waals surface area (Å²) < 4.78 is 5.11. The monoisotopic (exact) mass is 249 g/mol. The standard InChI is InChI=1S/C14H19NO3/c1-18-8-7-14(5-6-14)10-15-12-4-2-3-11(9-12)13(16)17/h2-4,9,15H,5-8,10H2,1H3,(H,16,17). The lowest BCUT2D eigenvalue weighted by molar-refractivity contribution is 0.0697. The molecule has 0 heterocycles. The van der Waals surface area contributed by atoms with Gasteiger partial charge in [0.2, 0.25) is 0 Å². The lowest BCUT2D eigenvalue weighted by Crippen LogP contribution is -2.17. The Kier molecular flexibility index (Phi) is 3.87. The number of methoxy groups -OCH3 is 1. The molecule has 4 nitrogen and oxygen atoms in total. The molecule has 2 N–H and O–H groups in total. The number of rotatable bonds is 7. The predicted octanol–water partition coefficient (Wildman–Crippen LogP) is 2.61. The van der Waals surface area contributed by atoms with Crippen LogP contribution in [0.2, 0.25) is 0 Å². The van der Waals surface area contributed by atoms with Crippen molar-refractivity contribution in [3.05, 3.63) is 29.8 Å². The van der Waals surface area contributed by atoms with E-state index in [-0.39, 0.29) is 0 Å². The van der Waals surface area contributed by atoms with E-state index in [1.54, 1.807) is 25.3 Å². The van der Waals surface area contributed by atoms with E-state index < -0.39 is 5.97 Å². The van der Waals surface area contributed by atoms with Gasteiger partial charge in [-0.05, 0) is 42.9 Å². The molecule has 4 heteroatoms. The molecule has 1 aromatic rings. The largest absolute Gasteiger partial charge is 0.478 e. The smallest absolute Gasteiger partial charge is 0.335 e. The lowest BCUT2D eigenvalue weighted by Gasteiger charge is -2.16. The van der Waals surface area contributed by atoms with Crippen LogP contribution in [0, 0.1) is 5.41 Å². The minimum Gasteiger partial charge on any atom is -0.478 e. The van der Waals surface area contributed by atoms with Crippen LogP contribution in [-0.4, -0.2) is 31.3 Å². The predicted molar refractivity (Wildman–Crippen MR) is 70.1 cm³/mol. The van der Waals surface area contributed by atoms with E-state index in [2.05, 4.69) is 5.32 Å². The molecule has 0 saturated heterocycles. The van der Waals surface area contributed by atoms with E-state index >= 15 is 0 Å². The molecular weight excluding hydrogens is 230 g/mol. The van der Waals surface area contributed by atoms with Crippen molar-refractivity contribution in [2.45, 2.75) is 19.3 Å². The number of nitrogens with one attached hydrogen (secondary N) is 1. The maximum atomic E-state index is 10.9. The number of anilines is 1. The third-order valence-electron chi connectivity index (χ3n) is 3.57. The van der Waals surface area contributed by atoms with Crippen molar-refractivity contribution in [2.75, 3.05) is 25.6 Å². The van der Waals surface area contributed by atoms with Crippen LogP contribution in [0.3, 0.4) is 0 Å². The number of hydrogen-bond acceptors (Lipinski definition) is 3. The van der Waals surface area contributed by atoms with Crippen molar-refractivity contribution in [1.82, 2.24) is 0 Å². The maximum Gasteiger partial charge on any atom is 0.335 e. The zero-order chi connectivity index (χ0) is 13.0. The average Bonchev–Trinajstić information content (AvgIpc) is 3.15. The molecular formula is C14H19NO3. The molecule has 98 valence electrons. The SMILES string of the molecule is COCCC1(CNc2cccc(C(=O)O)c2)CC1. The highest BCUT2D eigenvalue weighted by molar-refractivity contribution is 5.88. The van der Waals surface area contributed by atoms with Gasteiger partial charge in [0.25, 0.3) is 0 Å². The Bertz CT molecular complexity index is 427. The molecule has 0 radical (unpaired) electrons. The highest BCUT2D eigenvalue weighted by Crippen LogP contribution is 2.48. The maximum absolute atomic E-state index is 10.9. The summed E-state index contributed by atoms with van der Waals surface area (Å²) in [5, 5.41) is 12.3. The summed E-state index contributed by atoms with van der Waals surface area (Å²) in [5.74, 6) is -0.890. The van der Waals surface area contributed by atoms with Crippen molar-refractivity contribution in [1.29, 1.82) is 0 Å². The first-order valence-electron chi connectivity index (χ1n) is 6.21. The van der Waals surface area contributed by atoms with Gasteiger partial charge in [-0.15, -0.1) is 0 Å². The summed E-state index contributed by atoms with van der Waals surface area (Å²) >= 11 is 0. The molecule has 0 unspecified atom stereocenters. The molecule has 0 amide bonds. The molecule has 0 bridgehead atoms. The molecule has 1 aliphatic carbocycles. The van der Waals surface area contributed by atoms with Gasteiger partial charge in [0.05, 0.1) is 5.56 Å². The third kappa shape index (κ3) is 3.23. The van der Waals surface area contributed by atoms with E-state index in [4.69, 9.17) is 9.84 Å². The Hall–Kier alpha value is -1.55. The highest BCUT2D eigenvalue weighted by atomic mass is 16.5. The first-order chi connectivity index (χ1) is 8.65. The van der Waals surface area contributed by atoms with Crippen LogP contribution in [-0.2, 0) is 4.74 Å². The van der Waals surface area contributed by atoms with Crippen molar-refractivity contribution in [3.8, 4) is 0 Å². The third-order valence-corrected chi connectivity index (χ3v) is 3.57. The second-order valence-corrected chi connectivity index (χ2v) is 4.98. The molecule has 0 spiro atoms. The minimum atomic E-state index is -0.890. The minimum absolute atomic E-state index is 0.321. The summed E-state index contributed by atoms with van der Waals surface area (Å²) in [6, 6.07) is 6.94. The fraction of sp³-hybridized carbons (Fsp3) is 0.500. The van der Waals surface area contributed by atoms with Gasteiger partial charge in [-0.1, -0.05) is 6.07 Å². The summed E-state index contributed by atoms with van der Waals surface area (Å²) in [5.41, 5.74) is 1.55. The van der Waals surface area contributed by atoms with Gasteiger partial charge in [0, 0.05) is 25.9 Å². The number of aromatic carboxylic acids is 1. The first-order valence-corrected chi connectivity index (χ1v) is 6.21. The first kappa shape index (κ1) is 12.9. The number of benzene rings is 1.